The number of unbranched alkanes of at least 4 members (excludes halogenated alkanes) is 8. The van der Waals surface area contributed by atoms with Gasteiger partial charge >= 0.3 is 12.1 Å². The second-order valence-electron chi connectivity index (χ2n) is 11.8. The Morgan fingerprint density at radius 3 is 1.72 bits per heavy atom. The molecule has 0 aromatic heterocycles. The first-order valence-electron chi connectivity index (χ1n) is 16.6. The molecule has 258 valence electrons. The fourth-order valence-corrected chi connectivity index (χ4v) is 6.71. The summed E-state index contributed by atoms with van der Waals surface area (Å²) in [7, 11) is -1.35. The zero-order chi connectivity index (χ0) is 34.1. The largest absolute Gasteiger partial charge is 0.508 e. The van der Waals surface area contributed by atoms with Crippen LogP contribution in [0.2, 0.25) is 0 Å². The van der Waals surface area contributed by atoms with Crippen LogP contribution in [0.5, 0.6) is 11.5 Å². The molecule has 0 heterocycles. The lowest BCUT2D eigenvalue weighted by Gasteiger charge is -2.19. The quantitative estimate of drug-likeness (QED) is 0.0693. The highest BCUT2D eigenvalue weighted by atomic mass is 32.2. The van der Waals surface area contributed by atoms with Crippen LogP contribution >= 0.6 is 0 Å². The third kappa shape index (κ3) is 13.1. The lowest BCUT2D eigenvalue weighted by atomic mass is 9.88. The molecule has 0 amide bonds. The summed E-state index contributed by atoms with van der Waals surface area (Å²) in [5, 5.41) is 9.85. The molecule has 0 fully saturated rings. The van der Waals surface area contributed by atoms with E-state index in [1.165, 1.54) is 11.1 Å². The predicted molar refractivity (Wildman–Crippen MR) is 182 cm³/mol. The van der Waals surface area contributed by atoms with E-state index in [0.29, 0.717) is 18.8 Å². The number of ether oxygens (including phenoxy) is 1. The Morgan fingerprint density at radius 1 is 0.660 bits per heavy atom. The van der Waals surface area contributed by atoms with E-state index in [9.17, 15) is 31.3 Å². The molecule has 3 aromatic carbocycles. The first-order valence-corrected chi connectivity index (χ1v) is 18.1. The fraction of sp³-hybridized carbons (Fsp3) is 0.474. The van der Waals surface area contributed by atoms with Gasteiger partial charge in [0.05, 0.1) is 6.61 Å². The maximum atomic E-state index is 12.9. The first kappa shape index (κ1) is 38.2. The molecule has 0 radical (unpaired) electrons. The number of hydrogen-bond acceptors (Lipinski definition) is 3. The standard InChI is InChI=1S/C38H47F5O3S/c1-2-35(30-16-11-10-12-17-30)36(31-18-22-33(44)23-19-31)32-20-24-34(25-21-32)46-27-13-8-6-4-3-5-7-9-14-28-47(45)29-15-26-37(39,40)38(41,42)43/h10-12,16-25,44H,2-9,13-15,26-29H2,1H3/b36-35-. The summed E-state index contributed by atoms with van der Waals surface area (Å²) in [5.74, 6) is -3.41. The van der Waals surface area contributed by atoms with Crippen LogP contribution in [0.1, 0.15) is 101 Å². The molecule has 0 saturated heterocycles. The molecule has 1 N–H and O–H groups in total. The maximum absolute atomic E-state index is 12.9. The molecular weight excluding hydrogens is 631 g/mol. The highest BCUT2D eigenvalue weighted by Gasteiger charge is 2.56. The van der Waals surface area contributed by atoms with Crippen LogP contribution in [0.4, 0.5) is 22.0 Å². The highest BCUT2D eigenvalue weighted by molar-refractivity contribution is 7.84. The number of rotatable bonds is 21. The van der Waals surface area contributed by atoms with E-state index >= 15 is 0 Å². The number of benzene rings is 3. The first-order chi connectivity index (χ1) is 22.5. The molecule has 0 aliphatic rings. The van der Waals surface area contributed by atoms with Crippen molar-refractivity contribution in [2.24, 2.45) is 0 Å². The Balaban J connectivity index is 1.31. The molecule has 1 unspecified atom stereocenters. The topological polar surface area (TPSA) is 46.5 Å². The lowest BCUT2D eigenvalue weighted by Crippen LogP contribution is -2.36. The SMILES string of the molecule is CC/C(=C(\c1ccc(O)cc1)c1ccc(OCCCCCCCCCCCS(=O)CCCC(F)(F)C(F)(F)F)cc1)c1ccccc1. The summed E-state index contributed by atoms with van der Waals surface area (Å²) < 4.78 is 80.3. The van der Waals surface area contributed by atoms with Gasteiger partial charge in [-0.2, -0.15) is 22.0 Å². The van der Waals surface area contributed by atoms with Gasteiger partial charge in [-0.15, -0.1) is 0 Å². The maximum Gasteiger partial charge on any atom is 0.453 e. The molecule has 47 heavy (non-hydrogen) atoms. The van der Waals surface area contributed by atoms with Crippen molar-refractivity contribution in [1.29, 1.82) is 0 Å². The van der Waals surface area contributed by atoms with Gasteiger partial charge in [0.2, 0.25) is 0 Å². The molecule has 3 rings (SSSR count). The smallest absolute Gasteiger partial charge is 0.453 e. The van der Waals surface area contributed by atoms with Gasteiger partial charge in [-0.3, -0.25) is 4.21 Å². The van der Waals surface area contributed by atoms with Crippen molar-refractivity contribution < 1.29 is 36.0 Å². The predicted octanol–water partition coefficient (Wildman–Crippen LogP) is 11.4. The van der Waals surface area contributed by atoms with Crippen molar-refractivity contribution in [2.45, 2.75) is 96.1 Å². The Hall–Kier alpha value is -3.20. The van der Waals surface area contributed by atoms with Crippen LogP contribution in [0.25, 0.3) is 11.1 Å². The van der Waals surface area contributed by atoms with Gasteiger partial charge in [-0.05, 0) is 77.8 Å². The molecule has 0 bridgehead atoms. The summed E-state index contributed by atoms with van der Waals surface area (Å²) in [4.78, 5) is 0. The van der Waals surface area contributed by atoms with E-state index in [0.717, 1.165) is 80.2 Å². The van der Waals surface area contributed by atoms with Crippen molar-refractivity contribution in [3.8, 4) is 11.5 Å². The average molecular weight is 679 g/mol. The van der Waals surface area contributed by atoms with Crippen LogP contribution < -0.4 is 4.74 Å². The number of aromatic hydroxyl groups is 1. The second kappa shape index (κ2) is 19.6. The summed E-state index contributed by atoms with van der Waals surface area (Å²) in [5.41, 5.74) is 5.66. The summed E-state index contributed by atoms with van der Waals surface area (Å²) in [6, 6.07) is 25.9. The normalized spacial score (nSPS) is 13.3. The number of phenols is 1. The molecule has 0 aliphatic heterocycles. The summed E-state index contributed by atoms with van der Waals surface area (Å²) >= 11 is 0. The molecule has 3 nitrogen and oxygen atoms in total. The van der Waals surface area contributed by atoms with Gasteiger partial charge < -0.3 is 9.84 Å². The monoisotopic (exact) mass is 678 g/mol. The number of alkyl halides is 5. The van der Waals surface area contributed by atoms with Crippen molar-refractivity contribution >= 4 is 21.9 Å². The van der Waals surface area contributed by atoms with Crippen LogP contribution in [-0.4, -0.2) is 39.5 Å². The molecule has 9 heteroatoms. The minimum Gasteiger partial charge on any atom is -0.508 e. The van der Waals surface area contributed by atoms with Crippen LogP contribution in [0.15, 0.2) is 78.9 Å². The Bertz CT molecular complexity index is 1370. The lowest BCUT2D eigenvalue weighted by molar-refractivity contribution is -0.284. The molecular formula is C38H47F5O3S. The van der Waals surface area contributed by atoms with E-state index in [1.807, 2.05) is 42.5 Å². The second-order valence-corrected chi connectivity index (χ2v) is 13.5. The number of halogens is 5. The van der Waals surface area contributed by atoms with Crippen molar-refractivity contribution in [1.82, 2.24) is 0 Å². The minimum atomic E-state index is -5.54. The van der Waals surface area contributed by atoms with Crippen LogP contribution in [-0.2, 0) is 10.8 Å². The highest BCUT2D eigenvalue weighted by Crippen LogP contribution is 2.39. The Kier molecular flexibility index (Phi) is 15.9. The third-order valence-corrected chi connectivity index (χ3v) is 9.63. The molecule has 0 aliphatic carbocycles. The fourth-order valence-electron chi connectivity index (χ4n) is 5.52. The third-order valence-electron chi connectivity index (χ3n) is 8.14. The number of phenolic OH excluding ortho intramolecular Hbond substituents is 1. The van der Waals surface area contributed by atoms with Crippen molar-refractivity contribution in [2.75, 3.05) is 18.1 Å². The Morgan fingerprint density at radius 2 is 1.17 bits per heavy atom. The van der Waals surface area contributed by atoms with E-state index in [1.54, 1.807) is 12.1 Å². The zero-order valence-electron chi connectivity index (χ0n) is 27.2. The van der Waals surface area contributed by atoms with E-state index in [-0.39, 0.29) is 11.5 Å². The Labute approximate surface area is 278 Å². The van der Waals surface area contributed by atoms with Gasteiger partial charge in [-0.25, -0.2) is 0 Å². The number of hydrogen-bond donors (Lipinski definition) is 1. The summed E-state index contributed by atoms with van der Waals surface area (Å²) in [6.45, 7) is 2.80. The van der Waals surface area contributed by atoms with E-state index in [2.05, 4.69) is 31.2 Å². The van der Waals surface area contributed by atoms with Crippen LogP contribution in [0.3, 0.4) is 0 Å². The van der Waals surface area contributed by atoms with E-state index in [4.69, 9.17) is 4.74 Å². The molecule has 0 spiro atoms. The molecule has 3 aromatic rings. The van der Waals surface area contributed by atoms with Crippen molar-refractivity contribution in [3.63, 3.8) is 0 Å². The summed E-state index contributed by atoms with van der Waals surface area (Å²) in [6.07, 6.45) is 2.65. The number of allylic oxidation sites excluding steroid dienone is 1. The van der Waals surface area contributed by atoms with Gasteiger partial charge in [0.1, 0.15) is 11.5 Å². The molecule has 1 atom stereocenters. The molecule has 0 saturated carbocycles. The average Bonchev–Trinajstić information content (AvgIpc) is 3.05. The van der Waals surface area contributed by atoms with Gasteiger partial charge in [0.15, 0.2) is 0 Å². The van der Waals surface area contributed by atoms with Gasteiger partial charge in [0.25, 0.3) is 0 Å². The van der Waals surface area contributed by atoms with Gasteiger partial charge in [0, 0.05) is 28.7 Å². The minimum absolute atomic E-state index is 0.117. The van der Waals surface area contributed by atoms with Crippen molar-refractivity contribution in [3.05, 3.63) is 95.6 Å². The zero-order valence-corrected chi connectivity index (χ0v) is 28.0. The van der Waals surface area contributed by atoms with Crippen LogP contribution in [0, 0.1) is 0 Å². The van der Waals surface area contributed by atoms with E-state index < -0.39 is 35.7 Å². The van der Waals surface area contributed by atoms with Gasteiger partial charge in [-0.1, -0.05) is 106 Å².